The standard InChI is InChI=1S/C43H85O10P/c1-3-5-7-9-11-13-15-17-19-21-22-24-26-28-30-32-34-42(46)50-38-41(39-52-54(48,49)51-37-40(45)36-44)53-43(47)35-33-31-29-27-25-23-20-18-16-14-12-10-8-6-4-2/h40-41,44-45H,3-39H2,1-2H3,(H,48,49)/t40-,41+/m0/s1. The quantitative estimate of drug-likeness (QED) is 0.0309. The van der Waals surface area contributed by atoms with Gasteiger partial charge >= 0.3 is 19.8 Å². The van der Waals surface area contributed by atoms with E-state index in [0.29, 0.717) is 12.8 Å². The van der Waals surface area contributed by atoms with Gasteiger partial charge in [0.15, 0.2) is 6.10 Å². The Morgan fingerprint density at radius 2 is 0.796 bits per heavy atom. The maximum absolute atomic E-state index is 12.6. The highest BCUT2D eigenvalue weighted by molar-refractivity contribution is 7.47. The van der Waals surface area contributed by atoms with Crippen LogP contribution in [0, 0.1) is 0 Å². The summed E-state index contributed by atoms with van der Waals surface area (Å²) in [7, 11) is -4.61. The van der Waals surface area contributed by atoms with Crippen molar-refractivity contribution in [2.45, 2.75) is 238 Å². The fourth-order valence-electron chi connectivity index (χ4n) is 6.52. The Hall–Kier alpha value is -1.03. The summed E-state index contributed by atoms with van der Waals surface area (Å²) in [5, 5.41) is 18.3. The number of carbonyl (C=O) groups excluding carboxylic acids is 2. The van der Waals surface area contributed by atoms with Crippen molar-refractivity contribution in [3.63, 3.8) is 0 Å². The first-order valence-electron chi connectivity index (χ1n) is 22.5. The van der Waals surface area contributed by atoms with E-state index in [9.17, 15) is 24.2 Å². The summed E-state index contributed by atoms with van der Waals surface area (Å²) >= 11 is 0. The zero-order valence-corrected chi connectivity index (χ0v) is 35.9. The number of phosphoric acid groups is 1. The SMILES string of the molecule is CCCCCCCCCCCCCCCCCCC(=O)OC[C@H](COP(=O)(O)OC[C@@H](O)CO)OC(=O)CCCCCCCCCCCCCCCCC. The molecule has 0 radical (unpaired) electrons. The van der Waals surface area contributed by atoms with Crippen LogP contribution in [0.3, 0.4) is 0 Å². The molecule has 0 rings (SSSR count). The van der Waals surface area contributed by atoms with Gasteiger partial charge in [0.05, 0.1) is 19.8 Å². The van der Waals surface area contributed by atoms with Gasteiger partial charge in [-0.15, -0.1) is 0 Å². The van der Waals surface area contributed by atoms with Crippen LogP contribution in [0.1, 0.15) is 226 Å². The lowest BCUT2D eigenvalue weighted by Gasteiger charge is -2.20. The third kappa shape index (κ3) is 39.2. The van der Waals surface area contributed by atoms with Gasteiger partial charge in [-0.1, -0.05) is 200 Å². The summed E-state index contributed by atoms with van der Waals surface area (Å²) in [4.78, 5) is 35.0. The average molecular weight is 793 g/mol. The lowest BCUT2D eigenvalue weighted by atomic mass is 10.0. The van der Waals surface area contributed by atoms with E-state index in [1.807, 2.05) is 0 Å². The second-order valence-corrected chi connectivity index (χ2v) is 16.9. The molecule has 0 aliphatic carbocycles. The molecular weight excluding hydrogens is 707 g/mol. The number of rotatable bonds is 43. The van der Waals surface area contributed by atoms with Crippen LogP contribution in [-0.4, -0.2) is 65.7 Å². The number of phosphoric ester groups is 1. The molecule has 0 fully saturated rings. The van der Waals surface area contributed by atoms with Crippen LogP contribution in [0.4, 0.5) is 0 Å². The molecule has 0 bridgehead atoms. The molecule has 0 aliphatic heterocycles. The van der Waals surface area contributed by atoms with Gasteiger partial charge in [-0.05, 0) is 12.8 Å². The Labute approximate surface area is 331 Å². The van der Waals surface area contributed by atoms with E-state index in [2.05, 4.69) is 13.8 Å². The maximum atomic E-state index is 12.6. The molecule has 10 nitrogen and oxygen atoms in total. The number of hydrogen-bond donors (Lipinski definition) is 3. The Balaban J connectivity index is 4.22. The van der Waals surface area contributed by atoms with Gasteiger partial charge in [0.1, 0.15) is 12.7 Å². The van der Waals surface area contributed by atoms with Crippen molar-refractivity contribution in [2.75, 3.05) is 26.4 Å². The molecule has 3 atom stereocenters. The fraction of sp³-hybridized carbons (Fsp3) is 0.953. The molecular formula is C43H85O10P. The minimum atomic E-state index is -4.61. The lowest BCUT2D eigenvalue weighted by molar-refractivity contribution is -0.161. The molecule has 0 saturated carbocycles. The summed E-state index contributed by atoms with van der Waals surface area (Å²) < 4.78 is 32.7. The lowest BCUT2D eigenvalue weighted by Crippen LogP contribution is -2.29. The van der Waals surface area contributed by atoms with Crippen LogP contribution in [0.2, 0.25) is 0 Å². The molecule has 0 aliphatic rings. The summed E-state index contributed by atoms with van der Waals surface area (Å²) in [5.41, 5.74) is 0. The van der Waals surface area contributed by atoms with E-state index < -0.39 is 51.8 Å². The summed E-state index contributed by atoms with van der Waals surface area (Å²) in [6.07, 6.45) is 36.3. The molecule has 3 N–H and O–H groups in total. The molecule has 0 heterocycles. The molecule has 1 unspecified atom stereocenters. The highest BCUT2D eigenvalue weighted by atomic mass is 31.2. The molecule has 54 heavy (non-hydrogen) atoms. The van der Waals surface area contributed by atoms with E-state index in [0.717, 1.165) is 32.1 Å². The number of aliphatic hydroxyl groups is 2. The highest BCUT2D eigenvalue weighted by Crippen LogP contribution is 2.43. The first-order valence-corrected chi connectivity index (χ1v) is 24.0. The number of carbonyl (C=O) groups is 2. The second-order valence-electron chi connectivity index (χ2n) is 15.4. The first-order chi connectivity index (χ1) is 26.2. The average Bonchev–Trinajstić information content (AvgIpc) is 3.16. The Bertz CT molecular complexity index is 873. The first kappa shape index (κ1) is 53.0. The zero-order valence-electron chi connectivity index (χ0n) is 35.0. The van der Waals surface area contributed by atoms with Crippen LogP contribution < -0.4 is 0 Å². The largest absolute Gasteiger partial charge is 0.472 e. The van der Waals surface area contributed by atoms with Crippen LogP contribution in [-0.2, 0) is 32.7 Å². The normalized spacial score (nSPS) is 13.8. The summed E-state index contributed by atoms with van der Waals surface area (Å²) in [5.74, 6) is -0.908. The van der Waals surface area contributed by atoms with E-state index in [1.165, 1.54) is 154 Å². The fourth-order valence-corrected chi connectivity index (χ4v) is 7.31. The van der Waals surface area contributed by atoms with Crippen molar-refractivity contribution < 1.29 is 47.8 Å². The van der Waals surface area contributed by atoms with Crippen molar-refractivity contribution in [3.8, 4) is 0 Å². The number of aliphatic hydroxyl groups excluding tert-OH is 2. The van der Waals surface area contributed by atoms with E-state index in [1.54, 1.807) is 0 Å². The van der Waals surface area contributed by atoms with Gasteiger partial charge in [0.25, 0.3) is 0 Å². The molecule has 0 spiro atoms. The smallest absolute Gasteiger partial charge is 0.462 e. The van der Waals surface area contributed by atoms with Gasteiger partial charge < -0.3 is 24.6 Å². The predicted octanol–water partition coefficient (Wildman–Crippen LogP) is 11.8. The predicted molar refractivity (Wildman–Crippen MR) is 219 cm³/mol. The van der Waals surface area contributed by atoms with Gasteiger partial charge in [0, 0.05) is 12.8 Å². The van der Waals surface area contributed by atoms with Crippen molar-refractivity contribution in [1.82, 2.24) is 0 Å². The van der Waals surface area contributed by atoms with Crippen LogP contribution in [0.5, 0.6) is 0 Å². The maximum Gasteiger partial charge on any atom is 0.472 e. The van der Waals surface area contributed by atoms with Crippen molar-refractivity contribution in [3.05, 3.63) is 0 Å². The third-order valence-corrected chi connectivity index (χ3v) is 11.0. The minimum absolute atomic E-state index is 0.192. The molecule has 0 saturated heterocycles. The van der Waals surface area contributed by atoms with E-state index >= 15 is 0 Å². The molecule has 322 valence electrons. The van der Waals surface area contributed by atoms with Crippen molar-refractivity contribution >= 4 is 19.8 Å². The van der Waals surface area contributed by atoms with Crippen molar-refractivity contribution in [2.24, 2.45) is 0 Å². The molecule has 0 aromatic heterocycles. The molecule has 11 heteroatoms. The monoisotopic (exact) mass is 793 g/mol. The minimum Gasteiger partial charge on any atom is -0.462 e. The Morgan fingerprint density at radius 3 is 1.15 bits per heavy atom. The third-order valence-electron chi connectivity index (χ3n) is 10.0. The Morgan fingerprint density at radius 1 is 0.481 bits per heavy atom. The zero-order chi connectivity index (χ0) is 39.8. The van der Waals surface area contributed by atoms with Gasteiger partial charge in [0.2, 0.25) is 0 Å². The number of esters is 2. The van der Waals surface area contributed by atoms with Gasteiger partial charge in [-0.3, -0.25) is 18.6 Å². The summed E-state index contributed by atoms with van der Waals surface area (Å²) in [6, 6.07) is 0. The summed E-state index contributed by atoms with van der Waals surface area (Å²) in [6.45, 7) is 2.42. The molecule has 0 amide bonds. The van der Waals surface area contributed by atoms with Crippen LogP contribution in [0.25, 0.3) is 0 Å². The second kappa shape index (κ2) is 40.2. The highest BCUT2D eigenvalue weighted by Gasteiger charge is 2.27. The number of unbranched alkanes of at least 4 members (excludes halogenated alkanes) is 29. The Kier molecular flexibility index (Phi) is 39.4. The van der Waals surface area contributed by atoms with Crippen LogP contribution in [0.15, 0.2) is 0 Å². The van der Waals surface area contributed by atoms with E-state index in [4.69, 9.17) is 23.6 Å². The van der Waals surface area contributed by atoms with Gasteiger partial charge in [-0.25, -0.2) is 4.57 Å². The molecule has 0 aromatic carbocycles. The van der Waals surface area contributed by atoms with Gasteiger partial charge in [-0.2, -0.15) is 0 Å². The molecule has 0 aromatic rings. The topological polar surface area (TPSA) is 149 Å². The van der Waals surface area contributed by atoms with Crippen LogP contribution >= 0.6 is 7.82 Å². The van der Waals surface area contributed by atoms with E-state index in [-0.39, 0.29) is 19.4 Å². The number of ether oxygens (including phenoxy) is 2. The van der Waals surface area contributed by atoms with Crippen molar-refractivity contribution in [1.29, 1.82) is 0 Å². The number of hydrogen-bond acceptors (Lipinski definition) is 9.